The lowest BCUT2D eigenvalue weighted by Crippen LogP contribution is -2.27. The molecule has 9 heteroatoms. The molecular weight excluding hydrogens is 387 g/mol. The Bertz CT molecular complexity index is 1020. The van der Waals surface area contributed by atoms with Crippen LogP contribution in [0.2, 0.25) is 0 Å². The van der Waals surface area contributed by atoms with E-state index in [1.165, 1.54) is 18.5 Å². The summed E-state index contributed by atoms with van der Waals surface area (Å²) >= 11 is 0. The number of aromatic nitrogens is 3. The van der Waals surface area contributed by atoms with Gasteiger partial charge in [0.1, 0.15) is 11.5 Å². The highest BCUT2D eigenvalue weighted by Crippen LogP contribution is 2.27. The molecule has 154 valence electrons. The molecule has 30 heavy (non-hydrogen) atoms. The summed E-state index contributed by atoms with van der Waals surface area (Å²) in [5.41, 5.74) is 8.47. The minimum Gasteiger partial charge on any atom is -0.397 e. The van der Waals surface area contributed by atoms with Gasteiger partial charge in [0.25, 0.3) is 5.91 Å². The Labute approximate surface area is 172 Å². The predicted octanol–water partition coefficient (Wildman–Crippen LogP) is 2.74. The molecule has 0 spiro atoms. The van der Waals surface area contributed by atoms with Gasteiger partial charge in [-0.2, -0.15) is 4.39 Å². The molecule has 0 bridgehead atoms. The van der Waals surface area contributed by atoms with E-state index < -0.39 is 11.9 Å². The summed E-state index contributed by atoms with van der Waals surface area (Å²) in [7, 11) is 0. The number of nitrogens with two attached hydrogens (primary N) is 1. The molecule has 0 aliphatic carbocycles. The molecule has 0 unspecified atom stereocenters. The highest BCUT2D eigenvalue weighted by atomic mass is 19.1. The Balaban J connectivity index is 1.49. The lowest BCUT2D eigenvalue weighted by molar-refractivity contribution is 0.102. The van der Waals surface area contributed by atoms with Crippen molar-refractivity contribution < 1.29 is 13.9 Å². The van der Waals surface area contributed by atoms with Crippen molar-refractivity contribution in [1.82, 2.24) is 15.0 Å². The van der Waals surface area contributed by atoms with Gasteiger partial charge in [0.05, 0.1) is 30.4 Å². The van der Waals surface area contributed by atoms with Crippen LogP contribution in [0.4, 0.5) is 21.6 Å². The van der Waals surface area contributed by atoms with Crippen LogP contribution in [0.3, 0.4) is 0 Å². The number of anilines is 3. The molecule has 3 aromatic rings. The summed E-state index contributed by atoms with van der Waals surface area (Å²) in [6.07, 6.45) is 5.37. The SMILES string of the molecule is Nc1ccc(-c2ccc(F)nc2)cc1NC(=O)c1cnc(N2CCCOCC2)cn1. The largest absolute Gasteiger partial charge is 0.397 e. The third-order valence-corrected chi connectivity index (χ3v) is 4.78. The van der Waals surface area contributed by atoms with Crippen molar-refractivity contribution in [2.24, 2.45) is 0 Å². The van der Waals surface area contributed by atoms with E-state index in [4.69, 9.17) is 10.5 Å². The first kappa shape index (κ1) is 19.7. The van der Waals surface area contributed by atoms with E-state index in [9.17, 15) is 9.18 Å². The minimum absolute atomic E-state index is 0.179. The number of nitrogens with zero attached hydrogens (tertiary/aromatic N) is 4. The lowest BCUT2D eigenvalue weighted by Gasteiger charge is -2.20. The number of hydrogen-bond acceptors (Lipinski definition) is 7. The molecule has 2 aromatic heterocycles. The predicted molar refractivity (Wildman–Crippen MR) is 112 cm³/mol. The fraction of sp³-hybridized carbons (Fsp3) is 0.238. The molecule has 3 N–H and O–H groups in total. The number of nitrogens with one attached hydrogen (secondary N) is 1. The van der Waals surface area contributed by atoms with E-state index in [2.05, 4.69) is 25.2 Å². The average Bonchev–Trinajstić information content (AvgIpc) is 3.06. The summed E-state index contributed by atoms with van der Waals surface area (Å²) in [4.78, 5) is 27.0. The number of carbonyl (C=O) groups is 1. The van der Waals surface area contributed by atoms with Crippen molar-refractivity contribution in [1.29, 1.82) is 0 Å². The van der Waals surface area contributed by atoms with Crippen LogP contribution in [-0.4, -0.2) is 47.2 Å². The van der Waals surface area contributed by atoms with E-state index in [0.717, 1.165) is 31.7 Å². The number of hydrogen-bond donors (Lipinski definition) is 2. The third-order valence-electron chi connectivity index (χ3n) is 4.78. The number of rotatable bonds is 4. The van der Waals surface area contributed by atoms with Crippen LogP contribution >= 0.6 is 0 Å². The van der Waals surface area contributed by atoms with Crippen LogP contribution in [0.25, 0.3) is 11.1 Å². The highest BCUT2D eigenvalue weighted by molar-refractivity contribution is 6.04. The fourth-order valence-corrected chi connectivity index (χ4v) is 3.15. The molecule has 8 nitrogen and oxygen atoms in total. The normalized spacial score (nSPS) is 14.2. The van der Waals surface area contributed by atoms with Gasteiger partial charge in [-0.05, 0) is 36.2 Å². The molecule has 4 rings (SSSR count). The van der Waals surface area contributed by atoms with Gasteiger partial charge in [-0.3, -0.25) is 4.79 Å². The Kier molecular flexibility index (Phi) is 5.80. The van der Waals surface area contributed by atoms with Gasteiger partial charge in [-0.15, -0.1) is 0 Å². The number of ether oxygens (including phenoxy) is 1. The molecule has 3 heterocycles. The zero-order chi connectivity index (χ0) is 20.9. The number of amides is 1. The average molecular weight is 408 g/mol. The summed E-state index contributed by atoms with van der Waals surface area (Å²) in [6.45, 7) is 2.95. The second-order valence-corrected chi connectivity index (χ2v) is 6.84. The van der Waals surface area contributed by atoms with Gasteiger partial charge in [0.15, 0.2) is 0 Å². The molecule has 0 atom stereocenters. The summed E-state index contributed by atoms with van der Waals surface area (Å²) in [5.74, 6) is -0.269. The second-order valence-electron chi connectivity index (χ2n) is 6.84. The van der Waals surface area contributed by atoms with Gasteiger partial charge in [-0.25, -0.2) is 15.0 Å². The van der Waals surface area contributed by atoms with E-state index >= 15 is 0 Å². The van der Waals surface area contributed by atoms with Crippen LogP contribution in [0.5, 0.6) is 0 Å². The van der Waals surface area contributed by atoms with Crippen molar-refractivity contribution in [2.75, 3.05) is 42.3 Å². The van der Waals surface area contributed by atoms with E-state index in [1.54, 1.807) is 30.5 Å². The van der Waals surface area contributed by atoms with Crippen LogP contribution in [0, 0.1) is 5.95 Å². The van der Waals surface area contributed by atoms with E-state index in [-0.39, 0.29) is 5.69 Å². The van der Waals surface area contributed by atoms with E-state index in [0.29, 0.717) is 29.4 Å². The maximum atomic E-state index is 13.1. The number of nitrogen functional groups attached to an aromatic ring is 1. The van der Waals surface area contributed by atoms with Crippen LogP contribution < -0.4 is 16.0 Å². The maximum absolute atomic E-state index is 13.1. The number of benzene rings is 1. The quantitative estimate of drug-likeness (QED) is 0.505. The van der Waals surface area contributed by atoms with Crippen molar-refractivity contribution in [3.8, 4) is 11.1 Å². The van der Waals surface area contributed by atoms with Crippen molar-refractivity contribution in [3.63, 3.8) is 0 Å². The summed E-state index contributed by atoms with van der Waals surface area (Å²) in [5, 5.41) is 2.76. The molecular formula is C21H21FN6O2. The third kappa shape index (κ3) is 4.52. The highest BCUT2D eigenvalue weighted by Gasteiger charge is 2.15. The standard InChI is InChI=1S/C21H21FN6O2/c22-19-5-3-15(11-25-19)14-2-4-16(23)17(10-14)27-21(29)18-12-26-20(13-24-18)28-6-1-8-30-9-7-28/h2-5,10-13H,1,6-9,23H2,(H,27,29). The first-order valence-electron chi connectivity index (χ1n) is 9.58. The first-order valence-corrected chi connectivity index (χ1v) is 9.58. The fourth-order valence-electron chi connectivity index (χ4n) is 3.15. The van der Waals surface area contributed by atoms with Crippen LogP contribution in [0.1, 0.15) is 16.9 Å². The Morgan fingerprint density at radius 2 is 1.90 bits per heavy atom. The molecule has 1 fully saturated rings. The Morgan fingerprint density at radius 3 is 2.67 bits per heavy atom. The lowest BCUT2D eigenvalue weighted by atomic mass is 10.1. The topological polar surface area (TPSA) is 106 Å². The number of carbonyl (C=O) groups excluding carboxylic acids is 1. The Morgan fingerprint density at radius 1 is 1.03 bits per heavy atom. The molecule has 1 aliphatic heterocycles. The molecule has 1 aliphatic rings. The Hall–Kier alpha value is -3.59. The van der Waals surface area contributed by atoms with Crippen molar-refractivity contribution in [2.45, 2.75) is 6.42 Å². The van der Waals surface area contributed by atoms with Gasteiger partial charge in [0.2, 0.25) is 5.95 Å². The molecule has 0 saturated carbocycles. The second kappa shape index (κ2) is 8.83. The van der Waals surface area contributed by atoms with Gasteiger partial charge in [0, 0.05) is 31.5 Å². The van der Waals surface area contributed by atoms with Crippen LogP contribution in [-0.2, 0) is 4.74 Å². The van der Waals surface area contributed by atoms with E-state index in [1.807, 2.05) is 0 Å². The van der Waals surface area contributed by atoms with Crippen LogP contribution in [0.15, 0.2) is 48.9 Å². The van der Waals surface area contributed by atoms with Gasteiger partial charge < -0.3 is 20.7 Å². The van der Waals surface area contributed by atoms with Crippen molar-refractivity contribution in [3.05, 3.63) is 60.6 Å². The van der Waals surface area contributed by atoms with Crippen molar-refractivity contribution >= 4 is 23.1 Å². The molecule has 1 amide bonds. The molecule has 1 saturated heterocycles. The molecule has 1 aromatic carbocycles. The monoisotopic (exact) mass is 408 g/mol. The summed E-state index contributed by atoms with van der Waals surface area (Å²) in [6, 6.07) is 8.04. The maximum Gasteiger partial charge on any atom is 0.275 e. The number of pyridine rings is 1. The number of halogens is 1. The minimum atomic E-state index is -0.558. The zero-order valence-corrected chi connectivity index (χ0v) is 16.2. The first-order chi connectivity index (χ1) is 14.6. The summed E-state index contributed by atoms with van der Waals surface area (Å²) < 4.78 is 18.5. The zero-order valence-electron chi connectivity index (χ0n) is 16.2. The smallest absolute Gasteiger partial charge is 0.275 e. The molecule has 0 radical (unpaired) electrons. The van der Waals surface area contributed by atoms with Gasteiger partial charge in [-0.1, -0.05) is 6.07 Å². The van der Waals surface area contributed by atoms with Gasteiger partial charge >= 0.3 is 0 Å².